The van der Waals surface area contributed by atoms with Crippen LogP contribution in [0.15, 0.2) is 6.33 Å². The molecule has 0 saturated carbocycles. The number of aryl methyl sites for hydroxylation is 1. The van der Waals surface area contributed by atoms with Gasteiger partial charge < -0.3 is 4.98 Å². The first-order valence-corrected chi connectivity index (χ1v) is 2.84. The highest BCUT2D eigenvalue weighted by Crippen LogP contribution is 2.19. The van der Waals surface area contributed by atoms with Crippen LogP contribution in [0.1, 0.15) is 5.69 Å². The van der Waals surface area contributed by atoms with Crippen LogP contribution in [0.2, 0.25) is 0 Å². The van der Waals surface area contributed by atoms with E-state index in [9.17, 15) is 13.2 Å². The second-order valence-corrected chi connectivity index (χ2v) is 2.00. The van der Waals surface area contributed by atoms with Gasteiger partial charge in [0.25, 0.3) is 0 Å². The van der Waals surface area contributed by atoms with Gasteiger partial charge in [-0.05, 0) is 6.92 Å². The molecule has 1 aromatic rings. The Morgan fingerprint density at radius 3 is 2.55 bits per heavy atom. The Morgan fingerprint density at radius 1 is 1.55 bits per heavy atom. The van der Waals surface area contributed by atoms with Crippen LogP contribution in [0.25, 0.3) is 0 Å². The van der Waals surface area contributed by atoms with Crippen molar-refractivity contribution in [3.63, 3.8) is 0 Å². The molecule has 0 aliphatic heterocycles. The van der Waals surface area contributed by atoms with Crippen LogP contribution in [0.4, 0.5) is 19.0 Å². The number of rotatable bonds is 1. The lowest BCUT2D eigenvalue weighted by atomic mass is 10.5. The number of anilines is 1. The van der Waals surface area contributed by atoms with Crippen molar-refractivity contribution >= 4 is 5.82 Å². The first-order valence-electron chi connectivity index (χ1n) is 2.84. The number of aromatic amines is 1. The van der Waals surface area contributed by atoms with E-state index >= 15 is 0 Å². The monoisotopic (exact) mass is 165 g/mol. The maximum atomic E-state index is 11.6. The van der Waals surface area contributed by atoms with Crippen molar-refractivity contribution in [3.8, 4) is 0 Å². The van der Waals surface area contributed by atoms with Crippen molar-refractivity contribution in [3.05, 3.63) is 12.0 Å². The summed E-state index contributed by atoms with van der Waals surface area (Å²) >= 11 is 0. The minimum atomic E-state index is -4.42. The second kappa shape index (κ2) is 2.44. The van der Waals surface area contributed by atoms with Gasteiger partial charge in [0, 0.05) is 0 Å². The molecule has 1 heterocycles. The summed E-state index contributed by atoms with van der Waals surface area (Å²) in [6.07, 6.45) is -3.22. The summed E-state index contributed by atoms with van der Waals surface area (Å²) in [7, 11) is 0. The first kappa shape index (κ1) is 7.90. The number of imidazole rings is 1. The molecule has 1 aromatic heterocycles. The first-order chi connectivity index (χ1) is 4.99. The molecule has 0 radical (unpaired) electrons. The van der Waals surface area contributed by atoms with Crippen LogP contribution >= 0.6 is 0 Å². The van der Waals surface area contributed by atoms with E-state index in [0.29, 0.717) is 5.69 Å². The Kier molecular flexibility index (Phi) is 1.76. The molecule has 2 N–H and O–H groups in total. The Morgan fingerprint density at radius 2 is 2.18 bits per heavy atom. The number of alkyl halides is 3. The highest BCUT2D eigenvalue weighted by molar-refractivity contribution is 5.39. The molecule has 0 fully saturated rings. The largest absolute Gasteiger partial charge is 0.483 e. The van der Waals surface area contributed by atoms with Gasteiger partial charge in [0.2, 0.25) is 0 Å². The van der Waals surface area contributed by atoms with Gasteiger partial charge in [-0.2, -0.15) is 13.2 Å². The van der Waals surface area contributed by atoms with Crippen molar-refractivity contribution in [2.45, 2.75) is 13.2 Å². The molecule has 1 rings (SSSR count). The van der Waals surface area contributed by atoms with E-state index < -0.39 is 6.30 Å². The maximum absolute atomic E-state index is 11.6. The van der Waals surface area contributed by atoms with Crippen LogP contribution in [0.5, 0.6) is 0 Å². The van der Waals surface area contributed by atoms with E-state index in [2.05, 4.69) is 9.97 Å². The van der Waals surface area contributed by atoms with E-state index in [1.165, 1.54) is 18.6 Å². The normalized spacial score (nSPS) is 11.6. The number of hydrogen-bond donors (Lipinski definition) is 2. The highest BCUT2D eigenvalue weighted by Gasteiger charge is 2.28. The molecule has 6 heteroatoms. The number of nitrogens with zero attached hydrogens (tertiary/aromatic N) is 1. The molecular formula is C5H6F3N3. The van der Waals surface area contributed by atoms with Crippen LogP contribution in [-0.2, 0) is 0 Å². The summed E-state index contributed by atoms with van der Waals surface area (Å²) in [6, 6.07) is 0. The molecule has 0 spiro atoms. The van der Waals surface area contributed by atoms with Gasteiger partial charge >= 0.3 is 6.30 Å². The summed E-state index contributed by atoms with van der Waals surface area (Å²) < 4.78 is 34.9. The molecule has 0 aliphatic rings. The smallest absolute Gasteiger partial charge is 0.347 e. The van der Waals surface area contributed by atoms with E-state index in [1.54, 1.807) is 0 Å². The number of nitrogens with one attached hydrogen (secondary N) is 2. The Balaban J connectivity index is 2.72. The molecule has 0 saturated heterocycles. The van der Waals surface area contributed by atoms with Crippen LogP contribution < -0.4 is 5.32 Å². The van der Waals surface area contributed by atoms with Gasteiger partial charge in [0.1, 0.15) is 0 Å². The molecule has 62 valence electrons. The average molecular weight is 165 g/mol. The average Bonchev–Trinajstić information content (AvgIpc) is 2.12. The fourth-order valence-electron chi connectivity index (χ4n) is 0.619. The quantitative estimate of drug-likeness (QED) is 0.621. The summed E-state index contributed by atoms with van der Waals surface area (Å²) in [5.74, 6) is -0.183. The predicted octanol–water partition coefficient (Wildman–Crippen LogP) is 1.65. The highest BCUT2D eigenvalue weighted by atomic mass is 19.4. The standard InChI is InChI=1S/C5H6F3N3/c1-3-4(10-2-9-3)11-5(6,7)8/h2,11H,1H3,(H,9,10). The van der Waals surface area contributed by atoms with Crippen LogP contribution in [0.3, 0.4) is 0 Å². The fraction of sp³-hybridized carbons (Fsp3) is 0.400. The SMILES string of the molecule is Cc1[nH]cnc1NC(F)(F)F. The minimum Gasteiger partial charge on any atom is -0.347 e. The zero-order valence-corrected chi connectivity index (χ0v) is 5.66. The van der Waals surface area contributed by atoms with E-state index in [0.717, 1.165) is 0 Å². The van der Waals surface area contributed by atoms with Gasteiger partial charge in [0.05, 0.1) is 12.0 Å². The fourth-order valence-corrected chi connectivity index (χ4v) is 0.619. The zero-order valence-electron chi connectivity index (χ0n) is 5.66. The third-order valence-electron chi connectivity index (χ3n) is 1.09. The molecule has 3 nitrogen and oxygen atoms in total. The molecular weight excluding hydrogens is 159 g/mol. The van der Waals surface area contributed by atoms with Crippen LogP contribution in [0, 0.1) is 6.92 Å². The number of aromatic nitrogens is 2. The maximum Gasteiger partial charge on any atom is 0.483 e. The second-order valence-electron chi connectivity index (χ2n) is 2.00. The summed E-state index contributed by atoms with van der Waals surface area (Å²) in [4.78, 5) is 5.93. The zero-order chi connectivity index (χ0) is 8.48. The number of hydrogen-bond acceptors (Lipinski definition) is 2. The van der Waals surface area contributed by atoms with Crippen molar-refractivity contribution in [1.29, 1.82) is 0 Å². The lowest BCUT2D eigenvalue weighted by molar-refractivity contribution is -0.100. The summed E-state index contributed by atoms with van der Waals surface area (Å²) in [5.41, 5.74) is 0.363. The molecule has 0 aromatic carbocycles. The topological polar surface area (TPSA) is 40.7 Å². The molecule has 0 atom stereocenters. The predicted molar refractivity (Wildman–Crippen MR) is 33.0 cm³/mol. The Bertz CT molecular complexity index is 239. The molecule has 0 aliphatic carbocycles. The number of halogens is 3. The Hall–Kier alpha value is -1.20. The molecule has 11 heavy (non-hydrogen) atoms. The van der Waals surface area contributed by atoms with E-state index in [1.807, 2.05) is 0 Å². The van der Waals surface area contributed by atoms with Gasteiger partial charge in [0.15, 0.2) is 5.82 Å². The molecule has 0 unspecified atom stereocenters. The minimum absolute atomic E-state index is 0.183. The molecule has 0 bridgehead atoms. The van der Waals surface area contributed by atoms with Gasteiger partial charge in [-0.3, -0.25) is 5.32 Å². The summed E-state index contributed by atoms with van der Waals surface area (Å²) in [5, 5.41) is 1.29. The van der Waals surface area contributed by atoms with Crippen molar-refractivity contribution < 1.29 is 13.2 Å². The van der Waals surface area contributed by atoms with Gasteiger partial charge in [-0.15, -0.1) is 0 Å². The molecule has 0 amide bonds. The summed E-state index contributed by atoms with van der Waals surface area (Å²) in [6.45, 7) is 1.50. The Labute approximate surface area is 60.6 Å². The van der Waals surface area contributed by atoms with Crippen molar-refractivity contribution in [2.24, 2.45) is 0 Å². The van der Waals surface area contributed by atoms with E-state index in [-0.39, 0.29) is 5.82 Å². The number of H-pyrrole nitrogens is 1. The third kappa shape index (κ3) is 2.14. The van der Waals surface area contributed by atoms with Crippen molar-refractivity contribution in [2.75, 3.05) is 5.32 Å². The third-order valence-corrected chi connectivity index (χ3v) is 1.09. The van der Waals surface area contributed by atoms with Crippen molar-refractivity contribution in [1.82, 2.24) is 9.97 Å². The van der Waals surface area contributed by atoms with Crippen LogP contribution in [-0.4, -0.2) is 16.3 Å². The lowest BCUT2D eigenvalue weighted by Crippen LogP contribution is -2.21. The van der Waals surface area contributed by atoms with Gasteiger partial charge in [-0.25, -0.2) is 4.98 Å². The van der Waals surface area contributed by atoms with Gasteiger partial charge in [-0.1, -0.05) is 0 Å². The lowest BCUT2D eigenvalue weighted by Gasteiger charge is -2.06. The van der Waals surface area contributed by atoms with E-state index in [4.69, 9.17) is 0 Å².